The van der Waals surface area contributed by atoms with Gasteiger partial charge in [0.1, 0.15) is 0 Å². The van der Waals surface area contributed by atoms with Gasteiger partial charge in [0.2, 0.25) is 0 Å². The summed E-state index contributed by atoms with van der Waals surface area (Å²) in [6.45, 7) is 10.9. The monoisotopic (exact) mass is 405 g/mol. The fourth-order valence-corrected chi connectivity index (χ4v) is 1.45. The fourth-order valence-electron chi connectivity index (χ4n) is 1.45. The Bertz CT molecular complexity index is 217. The van der Waals surface area contributed by atoms with E-state index in [0.717, 1.165) is 0 Å². The van der Waals surface area contributed by atoms with Crippen molar-refractivity contribution in [3.05, 3.63) is 22.5 Å². The minimum Gasteiger partial charge on any atom is -0.363 e. The van der Waals surface area contributed by atoms with Crippen molar-refractivity contribution in [2.45, 2.75) is 34.6 Å². The topological polar surface area (TPSA) is 12.0 Å². The smallest absolute Gasteiger partial charge is 0.0112 e. The van der Waals surface area contributed by atoms with Crippen LogP contribution in [0.1, 0.15) is 34.6 Å². The first-order valence-corrected chi connectivity index (χ1v) is 10.6. The Morgan fingerprint density at radius 1 is 0.923 bits per heavy atom. The number of halogens is 2. The molecular weight excluding hydrogens is 388 g/mol. The highest BCUT2D eigenvalue weighted by molar-refractivity contribution is 15.0. The van der Waals surface area contributed by atoms with Gasteiger partial charge < -0.3 is 5.32 Å². The van der Waals surface area contributed by atoms with Gasteiger partial charge in [-0.1, -0.05) is 6.92 Å². The zero-order valence-corrected chi connectivity index (χ0v) is 13.1. The Morgan fingerprint density at radius 3 is 1.54 bits per heavy atom. The minimum atomic E-state index is 0.622. The number of allylic oxidation sites excluding steroid dienone is 4. The molecule has 1 nitrogen and oxygen atoms in total. The van der Waals surface area contributed by atoms with Crippen LogP contribution in [-0.2, 0) is 0 Å². The van der Waals surface area contributed by atoms with Crippen LogP contribution in [-0.4, -0.2) is 0 Å². The molecule has 1 heterocycles. The number of hydrogen-bond donors (Lipinski definition) is 1. The average molecular weight is 405 g/mol. The van der Waals surface area contributed by atoms with E-state index in [-0.39, 0.29) is 0 Å². The lowest BCUT2D eigenvalue weighted by Crippen LogP contribution is -2.21. The molecule has 0 aromatic rings. The molecule has 0 aliphatic carbocycles. The third-order valence-corrected chi connectivity index (χ3v) is 2.86. The molecule has 13 heavy (non-hydrogen) atoms. The summed E-state index contributed by atoms with van der Waals surface area (Å²) in [6, 6.07) is 0. The second-order valence-corrected chi connectivity index (χ2v) is 3.46. The summed E-state index contributed by atoms with van der Waals surface area (Å²) >= 11 is 4.24. The van der Waals surface area contributed by atoms with Gasteiger partial charge in [0, 0.05) is 54.5 Å². The molecule has 0 amide bonds. The van der Waals surface area contributed by atoms with Crippen LogP contribution in [0, 0.1) is 5.92 Å². The van der Waals surface area contributed by atoms with Crippen molar-refractivity contribution in [1.82, 2.24) is 5.32 Å². The molecule has 0 radical (unpaired) electrons. The molecule has 3 heteroatoms. The predicted octanol–water partition coefficient (Wildman–Crippen LogP) is 4.58. The van der Waals surface area contributed by atoms with Crippen molar-refractivity contribution >= 4 is 37.2 Å². The molecule has 1 aliphatic heterocycles. The minimum absolute atomic E-state index is 0.622. The highest BCUT2D eigenvalue weighted by Crippen LogP contribution is 2.27. The van der Waals surface area contributed by atoms with Crippen LogP contribution in [0.3, 0.4) is 0 Å². The van der Waals surface area contributed by atoms with E-state index in [0.29, 0.717) is 5.92 Å². The standard InChI is InChI=1S/C10H17N.I2/c1-6-7(2)9(4)11-10(5)8(6)3;1-2/h6,11H,1-5H3;. The first-order valence-electron chi connectivity index (χ1n) is 4.30. The van der Waals surface area contributed by atoms with E-state index >= 15 is 0 Å². The van der Waals surface area contributed by atoms with E-state index in [1.807, 2.05) is 0 Å². The van der Waals surface area contributed by atoms with Gasteiger partial charge in [0.05, 0.1) is 0 Å². The molecular formula is C10H17I2N. The first-order chi connectivity index (χ1) is 6.04. The maximum Gasteiger partial charge on any atom is 0.0112 e. The summed E-state index contributed by atoms with van der Waals surface area (Å²) in [5.74, 6) is 0.622. The Balaban J connectivity index is 0.000000671. The quantitative estimate of drug-likeness (QED) is 0.582. The van der Waals surface area contributed by atoms with Gasteiger partial charge in [-0.05, 0) is 38.8 Å². The molecule has 0 saturated heterocycles. The molecule has 0 spiro atoms. The van der Waals surface area contributed by atoms with Crippen LogP contribution in [0.25, 0.3) is 0 Å². The average Bonchev–Trinajstić information content (AvgIpc) is 2.15. The molecule has 0 unspecified atom stereocenters. The second kappa shape index (κ2) is 6.27. The van der Waals surface area contributed by atoms with Crippen molar-refractivity contribution in [1.29, 1.82) is 0 Å². The summed E-state index contributed by atoms with van der Waals surface area (Å²) in [7, 11) is 0. The summed E-state index contributed by atoms with van der Waals surface area (Å²) in [6.07, 6.45) is 0. The summed E-state index contributed by atoms with van der Waals surface area (Å²) in [5.41, 5.74) is 5.57. The molecule has 0 aromatic carbocycles. The summed E-state index contributed by atoms with van der Waals surface area (Å²) in [5, 5.41) is 3.37. The predicted molar refractivity (Wildman–Crippen MR) is 77.1 cm³/mol. The van der Waals surface area contributed by atoms with Crippen LogP contribution in [0.2, 0.25) is 0 Å². The van der Waals surface area contributed by atoms with E-state index in [1.54, 1.807) is 0 Å². The first kappa shape index (κ1) is 13.7. The molecule has 0 saturated carbocycles. The van der Waals surface area contributed by atoms with Gasteiger partial charge in [-0.2, -0.15) is 0 Å². The van der Waals surface area contributed by atoms with Crippen LogP contribution >= 0.6 is 37.2 Å². The molecule has 0 fully saturated rings. The van der Waals surface area contributed by atoms with Crippen molar-refractivity contribution in [3.8, 4) is 0 Å². The van der Waals surface area contributed by atoms with E-state index in [9.17, 15) is 0 Å². The Labute approximate surface area is 105 Å². The molecule has 1 N–H and O–H groups in total. The third kappa shape index (κ3) is 3.42. The van der Waals surface area contributed by atoms with Crippen molar-refractivity contribution in [2.24, 2.45) is 5.92 Å². The third-order valence-electron chi connectivity index (χ3n) is 2.86. The van der Waals surface area contributed by atoms with E-state index in [2.05, 4.69) is 77.2 Å². The normalized spacial score (nSPS) is 18.1. The number of hydrogen-bond acceptors (Lipinski definition) is 1. The maximum atomic E-state index is 3.37. The number of nitrogens with one attached hydrogen (secondary N) is 1. The molecule has 0 atom stereocenters. The lowest BCUT2D eigenvalue weighted by molar-refractivity contribution is 0.703. The second-order valence-electron chi connectivity index (χ2n) is 3.46. The fraction of sp³-hybridized carbons (Fsp3) is 0.600. The van der Waals surface area contributed by atoms with Crippen LogP contribution < -0.4 is 5.32 Å². The molecule has 1 aliphatic rings. The number of rotatable bonds is 0. The van der Waals surface area contributed by atoms with Crippen molar-refractivity contribution < 1.29 is 0 Å². The van der Waals surface area contributed by atoms with E-state index < -0.39 is 0 Å². The zero-order valence-electron chi connectivity index (χ0n) is 8.83. The summed E-state index contributed by atoms with van der Waals surface area (Å²) < 4.78 is 0. The lowest BCUT2D eigenvalue weighted by Gasteiger charge is -2.26. The molecule has 0 aromatic heterocycles. The maximum absolute atomic E-state index is 3.37. The van der Waals surface area contributed by atoms with Gasteiger partial charge in [0.25, 0.3) is 0 Å². The van der Waals surface area contributed by atoms with Gasteiger partial charge in [-0.15, -0.1) is 0 Å². The Morgan fingerprint density at radius 2 is 1.23 bits per heavy atom. The molecule has 76 valence electrons. The zero-order chi connectivity index (χ0) is 10.6. The molecule has 1 rings (SSSR count). The summed E-state index contributed by atoms with van der Waals surface area (Å²) in [4.78, 5) is 0. The van der Waals surface area contributed by atoms with E-state index in [1.165, 1.54) is 22.5 Å². The van der Waals surface area contributed by atoms with Crippen LogP contribution in [0.5, 0.6) is 0 Å². The van der Waals surface area contributed by atoms with Gasteiger partial charge in [-0.25, -0.2) is 0 Å². The van der Waals surface area contributed by atoms with Crippen LogP contribution in [0.4, 0.5) is 0 Å². The largest absolute Gasteiger partial charge is 0.363 e. The van der Waals surface area contributed by atoms with Crippen molar-refractivity contribution in [3.63, 3.8) is 0 Å². The Hall–Kier alpha value is 0.740. The van der Waals surface area contributed by atoms with E-state index in [4.69, 9.17) is 0 Å². The SMILES string of the molecule is CC1=C(C)C(C)C(C)=C(C)N1.II. The lowest BCUT2D eigenvalue weighted by atomic mass is 9.89. The Kier molecular flexibility index (Phi) is 6.62. The van der Waals surface area contributed by atoms with Gasteiger partial charge >= 0.3 is 0 Å². The molecule has 0 bridgehead atoms. The van der Waals surface area contributed by atoms with Crippen molar-refractivity contribution in [2.75, 3.05) is 0 Å². The number of dihydropyridines is 1. The van der Waals surface area contributed by atoms with Crippen LogP contribution in [0.15, 0.2) is 22.5 Å². The highest BCUT2D eigenvalue weighted by Gasteiger charge is 2.16. The van der Waals surface area contributed by atoms with Gasteiger partial charge in [-0.3, -0.25) is 0 Å². The van der Waals surface area contributed by atoms with Gasteiger partial charge in [0.15, 0.2) is 0 Å². The highest BCUT2D eigenvalue weighted by atomic mass is 128.